The zero-order valence-electron chi connectivity index (χ0n) is 16.3. The molecule has 0 unspecified atom stereocenters. The van der Waals surface area contributed by atoms with E-state index in [0.29, 0.717) is 16.5 Å². The third-order valence-electron chi connectivity index (χ3n) is 4.22. The molecule has 0 bridgehead atoms. The van der Waals surface area contributed by atoms with Crippen molar-refractivity contribution in [1.82, 2.24) is 9.13 Å². The first kappa shape index (κ1) is 20.2. The number of aryl methyl sites for hydroxylation is 2. The third-order valence-corrected chi connectivity index (χ3v) is 4.22. The van der Waals surface area contributed by atoms with Crippen LogP contribution in [0.5, 0.6) is 0 Å². The van der Waals surface area contributed by atoms with Crippen molar-refractivity contribution in [3.05, 3.63) is 80.0 Å². The average Bonchev–Trinajstić information content (AvgIpc) is 2.71. The number of benzene rings is 2. The zero-order valence-corrected chi connectivity index (χ0v) is 16.3. The van der Waals surface area contributed by atoms with Gasteiger partial charge in [0.1, 0.15) is 0 Å². The van der Waals surface area contributed by atoms with E-state index in [1.54, 1.807) is 43.4 Å². The van der Waals surface area contributed by atoms with Gasteiger partial charge in [0.2, 0.25) is 0 Å². The van der Waals surface area contributed by atoms with Crippen LogP contribution in [0.25, 0.3) is 10.9 Å². The molecule has 142 valence electrons. The van der Waals surface area contributed by atoms with Gasteiger partial charge in [-0.2, -0.15) is 0 Å². The highest BCUT2D eigenvalue weighted by molar-refractivity contribution is 5.89. The molecule has 0 atom stereocenters. The Labute approximate surface area is 157 Å². The number of hydrogen-bond acceptors (Lipinski definition) is 4. The highest BCUT2D eigenvalue weighted by Crippen LogP contribution is 2.11. The number of ether oxygens (including phenoxy) is 1. The second-order valence-corrected chi connectivity index (χ2v) is 5.94. The molecule has 0 radical (unpaired) electrons. The summed E-state index contributed by atoms with van der Waals surface area (Å²) < 4.78 is 7.33. The maximum Gasteiger partial charge on any atom is 0.337 e. The lowest BCUT2D eigenvalue weighted by molar-refractivity contribution is 0.0600. The molecule has 0 N–H and O–H groups in total. The Morgan fingerprint density at radius 1 is 1.04 bits per heavy atom. The van der Waals surface area contributed by atoms with E-state index in [2.05, 4.69) is 4.74 Å². The van der Waals surface area contributed by atoms with Gasteiger partial charge in [-0.3, -0.25) is 13.9 Å². The molecule has 27 heavy (non-hydrogen) atoms. The average molecular weight is 368 g/mol. The van der Waals surface area contributed by atoms with Gasteiger partial charge in [0.05, 0.1) is 30.1 Å². The number of aromatic nitrogens is 2. The molecule has 3 aromatic rings. The van der Waals surface area contributed by atoms with Gasteiger partial charge in [-0.25, -0.2) is 9.59 Å². The molecular formula is C21H24N2O4. The fourth-order valence-electron chi connectivity index (χ4n) is 2.82. The van der Waals surface area contributed by atoms with E-state index in [4.69, 9.17) is 0 Å². The monoisotopic (exact) mass is 368 g/mol. The van der Waals surface area contributed by atoms with Crippen LogP contribution in [0.4, 0.5) is 0 Å². The lowest BCUT2D eigenvalue weighted by atomic mass is 10.1. The van der Waals surface area contributed by atoms with E-state index in [1.807, 2.05) is 26.8 Å². The molecule has 0 amide bonds. The molecule has 0 aliphatic carbocycles. The first-order valence-corrected chi connectivity index (χ1v) is 8.80. The van der Waals surface area contributed by atoms with E-state index < -0.39 is 5.97 Å². The third kappa shape index (κ3) is 4.00. The Balaban J connectivity index is 0.00000126. The van der Waals surface area contributed by atoms with E-state index in [-0.39, 0.29) is 17.8 Å². The Morgan fingerprint density at radius 2 is 1.67 bits per heavy atom. The van der Waals surface area contributed by atoms with Gasteiger partial charge in [0.15, 0.2) is 0 Å². The summed E-state index contributed by atoms with van der Waals surface area (Å²) in [5.74, 6) is -0.430. The summed E-state index contributed by atoms with van der Waals surface area (Å²) in [7, 11) is 2.97. The van der Waals surface area contributed by atoms with E-state index in [9.17, 15) is 14.4 Å². The second-order valence-electron chi connectivity index (χ2n) is 5.94. The molecule has 1 aromatic heterocycles. The van der Waals surface area contributed by atoms with Crippen molar-refractivity contribution in [3.8, 4) is 0 Å². The summed E-state index contributed by atoms with van der Waals surface area (Å²) in [4.78, 5) is 36.8. The van der Waals surface area contributed by atoms with Crippen LogP contribution in [0.2, 0.25) is 0 Å². The highest BCUT2D eigenvalue weighted by atomic mass is 16.5. The van der Waals surface area contributed by atoms with Crippen molar-refractivity contribution >= 4 is 16.9 Å². The van der Waals surface area contributed by atoms with Crippen molar-refractivity contribution in [2.45, 2.75) is 27.3 Å². The van der Waals surface area contributed by atoms with Crippen LogP contribution in [0.15, 0.2) is 52.1 Å². The molecule has 6 nitrogen and oxygen atoms in total. The number of carbonyl (C=O) groups is 1. The van der Waals surface area contributed by atoms with Crippen molar-refractivity contribution in [1.29, 1.82) is 0 Å². The maximum absolute atomic E-state index is 12.8. The fourth-order valence-corrected chi connectivity index (χ4v) is 2.82. The number of carbonyl (C=O) groups excluding carboxylic acids is 1. The molecular weight excluding hydrogens is 344 g/mol. The van der Waals surface area contributed by atoms with Gasteiger partial charge in [0.25, 0.3) is 5.56 Å². The largest absolute Gasteiger partial charge is 0.465 e. The van der Waals surface area contributed by atoms with Gasteiger partial charge in [-0.15, -0.1) is 0 Å². The Hall–Kier alpha value is -3.15. The summed E-state index contributed by atoms with van der Waals surface area (Å²) in [6.07, 6.45) is 0. The van der Waals surface area contributed by atoms with Crippen LogP contribution in [-0.4, -0.2) is 22.2 Å². The van der Waals surface area contributed by atoms with Crippen molar-refractivity contribution in [3.63, 3.8) is 0 Å². The van der Waals surface area contributed by atoms with Crippen LogP contribution < -0.4 is 11.2 Å². The van der Waals surface area contributed by atoms with Crippen LogP contribution >= 0.6 is 0 Å². The van der Waals surface area contributed by atoms with Gasteiger partial charge in [0, 0.05) is 7.05 Å². The summed E-state index contributed by atoms with van der Waals surface area (Å²) in [6, 6.07) is 12.1. The van der Waals surface area contributed by atoms with Crippen LogP contribution in [0.3, 0.4) is 0 Å². The quantitative estimate of drug-likeness (QED) is 0.667. The van der Waals surface area contributed by atoms with Crippen LogP contribution in [0.1, 0.15) is 35.3 Å². The zero-order chi connectivity index (χ0) is 20.1. The van der Waals surface area contributed by atoms with Crippen molar-refractivity contribution < 1.29 is 9.53 Å². The molecule has 0 fully saturated rings. The minimum Gasteiger partial charge on any atom is -0.465 e. The number of hydrogen-bond donors (Lipinski definition) is 0. The normalized spacial score (nSPS) is 10.3. The van der Waals surface area contributed by atoms with Gasteiger partial charge in [-0.05, 0) is 36.8 Å². The molecule has 0 aliphatic rings. The SMILES string of the molecule is CC.COC(=O)c1ccc(Cn2c(=O)c3cc(C)ccc3n(C)c2=O)cc1. The summed E-state index contributed by atoms with van der Waals surface area (Å²) in [5.41, 5.74) is 2.03. The summed E-state index contributed by atoms with van der Waals surface area (Å²) in [5, 5.41) is 0.508. The molecule has 0 saturated heterocycles. The van der Waals surface area contributed by atoms with Crippen molar-refractivity contribution in [2.75, 3.05) is 7.11 Å². The number of fused-ring (bicyclic) bond motifs is 1. The summed E-state index contributed by atoms with van der Waals surface area (Å²) >= 11 is 0. The molecule has 6 heteroatoms. The van der Waals surface area contributed by atoms with E-state index >= 15 is 0 Å². The molecule has 0 aliphatic heterocycles. The predicted octanol–water partition coefficient (Wildman–Crippen LogP) is 2.87. The van der Waals surface area contributed by atoms with Gasteiger partial charge in [-0.1, -0.05) is 37.6 Å². The van der Waals surface area contributed by atoms with E-state index in [1.165, 1.54) is 16.2 Å². The predicted molar refractivity (Wildman–Crippen MR) is 106 cm³/mol. The van der Waals surface area contributed by atoms with Crippen molar-refractivity contribution in [2.24, 2.45) is 7.05 Å². The topological polar surface area (TPSA) is 70.3 Å². The summed E-state index contributed by atoms with van der Waals surface area (Å²) in [6.45, 7) is 6.04. The number of methoxy groups -OCH3 is 1. The van der Waals surface area contributed by atoms with Gasteiger partial charge < -0.3 is 4.74 Å². The minimum absolute atomic E-state index is 0.136. The van der Waals surface area contributed by atoms with E-state index in [0.717, 1.165) is 11.1 Å². The molecule has 2 aromatic carbocycles. The second kappa shape index (κ2) is 8.49. The molecule has 1 heterocycles. The number of esters is 1. The first-order valence-electron chi connectivity index (χ1n) is 8.80. The first-order chi connectivity index (χ1) is 12.9. The van der Waals surface area contributed by atoms with Crippen LogP contribution in [-0.2, 0) is 18.3 Å². The number of nitrogens with zero attached hydrogens (tertiary/aromatic N) is 2. The lowest BCUT2D eigenvalue weighted by Gasteiger charge is -2.11. The van der Waals surface area contributed by atoms with Gasteiger partial charge >= 0.3 is 11.7 Å². The Kier molecular flexibility index (Phi) is 6.34. The standard InChI is InChI=1S/C19H18N2O4.C2H6/c1-12-4-9-16-15(10-12)17(22)21(19(24)20(16)2)11-13-5-7-14(8-6-13)18(23)25-3;1-2/h4-10H,11H2,1-3H3;1-2H3. The minimum atomic E-state index is -0.430. The molecule has 0 saturated carbocycles. The highest BCUT2D eigenvalue weighted by Gasteiger charge is 2.12. The fraction of sp³-hybridized carbons (Fsp3) is 0.286. The molecule has 0 spiro atoms. The molecule has 3 rings (SSSR count). The maximum atomic E-state index is 12.8. The Bertz CT molecular complexity index is 1080. The Morgan fingerprint density at radius 3 is 2.26 bits per heavy atom. The smallest absolute Gasteiger partial charge is 0.337 e. The number of rotatable bonds is 3. The lowest BCUT2D eigenvalue weighted by Crippen LogP contribution is -2.39. The van der Waals surface area contributed by atoms with Crippen LogP contribution in [0, 0.1) is 6.92 Å².